The highest BCUT2D eigenvalue weighted by molar-refractivity contribution is 5.63. The highest BCUT2D eigenvalue weighted by atomic mass is 19.4. The van der Waals surface area contributed by atoms with Gasteiger partial charge in [-0.05, 0) is 49.9 Å². The van der Waals surface area contributed by atoms with Crippen LogP contribution in [0.25, 0.3) is 0 Å². The van der Waals surface area contributed by atoms with Crippen LogP contribution in [-0.2, 0) is 25.2 Å². The first-order chi connectivity index (χ1) is 18.5. The number of nitrogens with one attached hydrogen (secondary N) is 1. The molecule has 5 rings (SSSR count). The molecule has 39 heavy (non-hydrogen) atoms. The van der Waals surface area contributed by atoms with Gasteiger partial charge in [-0.2, -0.15) is 31.3 Å². The SMILES string of the molecule is Nc1nc(Nc2nc(N3CCCCC3)nc3c2CCN(c2ncccc2C(F)(F)F)CC3)ccc1C(F)(F)F. The summed E-state index contributed by atoms with van der Waals surface area (Å²) >= 11 is 0. The minimum Gasteiger partial charge on any atom is -0.383 e. The Balaban J connectivity index is 1.50. The number of halogens is 6. The molecule has 0 bridgehead atoms. The topological polar surface area (TPSA) is 96.1 Å². The first-order valence-electron chi connectivity index (χ1n) is 12.5. The van der Waals surface area contributed by atoms with E-state index in [0.717, 1.165) is 44.5 Å². The van der Waals surface area contributed by atoms with Crippen molar-refractivity contribution in [3.05, 3.63) is 52.8 Å². The Kier molecular flexibility index (Phi) is 7.12. The lowest BCUT2D eigenvalue weighted by atomic mass is 10.1. The Morgan fingerprint density at radius 2 is 1.49 bits per heavy atom. The fraction of sp³-hybridized carbons (Fsp3) is 0.440. The van der Waals surface area contributed by atoms with Crippen molar-refractivity contribution in [1.29, 1.82) is 0 Å². The predicted octanol–water partition coefficient (Wildman–Crippen LogP) is 5.23. The van der Waals surface area contributed by atoms with Gasteiger partial charge >= 0.3 is 12.4 Å². The lowest BCUT2D eigenvalue weighted by Crippen LogP contribution is -2.31. The van der Waals surface area contributed by atoms with Crippen LogP contribution in [0.15, 0.2) is 30.5 Å². The third kappa shape index (κ3) is 5.78. The van der Waals surface area contributed by atoms with Crippen molar-refractivity contribution >= 4 is 29.2 Å². The Morgan fingerprint density at radius 1 is 0.769 bits per heavy atom. The fourth-order valence-electron chi connectivity index (χ4n) is 4.91. The van der Waals surface area contributed by atoms with Crippen LogP contribution in [0, 0.1) is 0 Å². The number of hydrogen-bond acceptors (Lipinski definition) is 8. The van der Waals surface area contributed by atoms with E-state index in [-0.39, 0.29) is 31.1 Å². The number of pyridine rings is 2. The van der Waals surface area contributed by atoms with Crippen LogP contribution in [0.4, 0.5) is 55.6 Å². The zero-order chi connectivity index (χ0) is 27.8. The molecule has 3 aromatic heterocycles. The van der Waals surface area contributed by atoms with Crippen molar-refractivity contribution in [2.45, 2.75) is 44.5 Å². The number of anilines is 5. The molecule has 2 aliphatic rings. The molecule has 8 nitrogen and oxygen atoms in total. The Hall–Kier alpha value is -3.84. The maximum atomic E-state index is 13.7. The summed E-state index contributed by atoms with van der Waals surface area (Å²) in [6.45, 7) is 1.95. The molecule has 0 saturated carbocycles. The van der Waals surface area contributed by atoms with Crippen LogP contribution >= 0.6 is 0 Å². The summed E-state index contributed by atoms with van der Waals surface area (Å²) < 4.78 is 80.5. The number of nitrogens with zero attached hydrogens (tertiary/aromatic N) is 6. The first-order valence-corrected chi connectivity index (χ1v) is 12.5. The van der Waals surface area contributed by atoms with Crippen LogP contribution in [0.1, 0.15) is 41.6 Å². The van der Waals surface area contributed by atoms with Gasteiger partial charge in [-0.3, -0.25) is 0 Å². The highest BCUT2D eigenvalue weighted by Gasteiger charge is 2.36. The predicted molar refractivity (Wildman–Crippen MR) is 134 cm³/mol. The van der Waals surface area contributed by atoms with Crippen molar-refractivity contribution in [3.8, 4) is 0 Å². The molecule has 5 heterocycles. The molecule has 1 fully saturated rings. The van der Waals surface area contributed by atoms with Crippen LogP contribution in [0.2, 0.25) is 0 Å². The summed E-state index contributed by atoms with van der Waals surface area (Å²) in [4.78, 5) is 21.0. The second-order valence-electron chi connectivity index (χ2n) is 9.46. The van der Waals surface area contributed by atoms with Crippen molar-refractivity contribution in [2.75, 3.05) is 47.0 Å². The second kappa shape index (κ2) is 10.4. The molecule has 0 amide bonds. The van der Waals surface area contributed by atoms with E-state index >= 15 is 0 Å². The van der Waals surface area contributed by atoms with Crippen LogP contribution < -0.4 is 20.9 Å². The molecule has 0 aliphatic carbocycles. The lowest BCUT2D eigenvalue weighted by molar-refractivity contribution is -0.138. The number of piperidine rings is 1. The largest absolute Gasteiger partial charge is 0.419 e. The Bertz CT molecular complexity index is 1340. The van der Waals surface area contributed by atoms with Crippen LogP contribution in [-0.4, -0.2) is 46.1 Å². The molecule has 3 aromatic rings. The fourth-order valence-corrected chi connectivity index (χ4v) is 4.91. The van der Waals surface area contributed by atoms with E-state index in [1.165, 1.54) is 18.3 Å². The van der Waals surface area contributed by atoms with E-state index in [9.17, 15) is 26.3 Å². The summed E-state index contributed by atoms with van der Waals surface area (Å²) in [7, 11) is 0. The molecule has 0 spiro atoms. The smallest absolute Gasteiger partial charge is 0.383 e. The van der Waals surface area contributed by atoms with Crippen molar-refractivity contribution in [2.24, 2.45) is 0 Å². The molecule has 0 radical (unpaired) electrons. The number of nitrogens with two attached hydrogens (primary N) is 1. The van der Waals surface area contributed by atoms with Gasteiger partial charge in [-0.15, -0.1) is 0 Å². The lowest BCUT2D eigenvalue weighted by Gasteiger charge is -2.28. The molecule has 14 heteroatoms. The monoisotopic (exact) mass is 552 g/mol. The van der Waals surface area contributed by atoms with Crippen molar-refractivity contribution < 1.29 is 26.3 Å². The Morgan fingerprint density at radius 3 is 2.18 bits per heavy atom. The number of aromatic nitrogens is 4. The molecule has 0 atom stereocenters. The molecule has 1 saturated heterocycles. The van der Waals surface area contributed by atoms with E-state index in [2.05, 4.69) is 20.3 Å². The quantitative estimate of drug-likeness (QED) is 0.425. The van der Waals surface area contributed by atoms with Gasteiger partial charge in [-0.25, -0.2) is 15.0 Å². The number of rotatable bonds is 4. The third-order valence-corrected chi connectivity index (χ3v) is 6.84. The number of alkyl halides is 6. The third-order valence-electron chi connectivity index (χ3n) is 6.84. The van der Waals surface area contributed by atoms with E-state index in [1.807, 2.05) is 4.90 Å². The summed E-state index contributed by atoms with van der Waals surface area (Å²) in [5, 5.41) is 3.00. The molecule has 0 unspecified atom stereocenters. The normalized spacial score (nSPS) is 16.6. The minimum absolute atomic E-state index is 0.0659. The first kappa shape index (κ1) is 26.8. The van der Waals surface area contributed by atoms with E-state index in [0.29, 0.717) is 29.4 Å². The second-order valence-corrected chi connectivity index (χ2v) is 9.46. The zero-order valence-electron chi connectivity index (χ0n) is 20.8. The summed E-state index contributed by atoms with van der Waals surface area (Å²) in [6.07, 6.45) is -4.27. The molecule has 0 aromatic carbocycles. The summed E-state index contributed by atoms with van der Waals surface area (Å²) in [5.41, 5.74) is 5.03. The van der Waals surface area contributed by atoms with Crippen molar-refractivity contribution in [3.63, 3.8) is 0 Å². The summed E-state index contributed by atoms with van der Waals surface area (Å²) in [6, 6.07) is 4.26. The number of nitrogen functional groups attached to an aromatic ring is 1. The summed E-state index contributed by atoms with van der Waals surface area (Å²) in [5.74, 6) is 0.0269. The zero-order valence-corrected chi connectivity index (χ0v) is 20.8. The van der Waals surface area contributed by atoms with Crippen LogP contribution in [0.5, 0.6) is 0 Å². The average molecular weight is 553 g/mol. The average Bonchev–Trinajstić information content (AvgIpc) is 3.11. The van der Waals surface area contributed by atoms with E-state index in [1.54, 1.807) is 4.90 Å². The van der Waals surface area contributed by atoms with Gasteiger partial charge in [0.1, 0.15) is 23.3 Å². The van der Waals surface area contributed by atoms with Gasteiger partial charge in [0.25, 0.3) is 0 Å². The van der Waals surface area contributed by atoms with Gasteiger partial charge < -0.3 is 20.9 Å². The minimum atomic E-state index is -4.65. The maximum absolute atomic E-state index is 13.7. The molecule has 3 N–H and O–H groups in total. The van der Waals surface area contributed by atoms with Gasteiger partial charge in [0.15, 0.2) is 0 Å². The van der Waals surface area contributed by atoms with E-state index in [4.69, 9.17) is 10.7 Å². The number of hydrogen-bond donors (Lipinski definition) is 2. The molecular weight excluding hydrogens is 526 g/mol. The van der Waals surface area contributed by atoms with Crippen molar-refractivity contribution in [1.82, 2.24) is 19.9 Å². The maximum Gasteiger partial charge on any atom is 0.419 e. The van der Waals surface area contributed by atoms with E-state index < -0.39 is 29.3 Å². The van der Waals surface area contributed by atoms with Gasteiger partial charge in [-0.1, -0.05) is 0 Å². The number of fused-ring (bicyclic) bond motifs is 1. The van der Waals surface area contributed by atoms with Gasteiger partial charge in [0, 0.05) is 44.4 Å². The highest BCUT2D eigenvalue weighted by Crippen LogP contribution is 2.37. The van der Waals surface area contributed by atoms with Crippen LogP contribution in [0.3, 0.4) is 0 Å². The molecule has 208 valence electrons. The molecular formula is C25H26F6N8. The van der Waals surface area contributed by atoms with Gasteiger partial charge in [0.05, 0.1) is 16.8 Å². The Labute approximate surface area is 220 Å². The van der Waals surface area contributed by atoms with Gasteiger partial charge in [0.2, 0.25) is 5.95 Å². The molecule has 2 aliphatic heterocycles. The standard InChI is InChI=1S/C25H26F6N8/c26-24(27,28)16-6-7-19(35-20(16)32)36-21-15-8-13-38(22-17(25(29,30)31)5-4-10-33-22)14-9-18(15)34-23(37-21)39-11-2-1-3-12-39/h4-7,10H,1-3,8-9,11-14H2,(H3,32,34,35,36,37).